The first-order valence-electron chi connectivity index (χ1n) is 11.3. The van der Waals surface area contributed by atoms with Crippen LogP contribution in [0.2, 0.25) is 0 Å². The Morgan fingerprint density at radius 1 is 1.16 bits per heavy atom. The van der Waals surface area contributed by atoms with Crippen molar-refractivity contribution in [2.75, 3.05) is 73.5 Å². The van der Waals surface area contributed by atoms with Gasteiger partial charge in [-0.2, -0.15) is 0 Å². The van der Waals surface area contributed by atoms with Crippen LogP contribution in [0.25, 0.3) is 0 Å². The molecule has 2 aliphatic heterocycles. The van der Waals surface area contributed by atoms with Gasteiger partial charge in [0.2, 0.25) is 6.79 Å². The van der Waals surface area contributed by atoms with E-state index in [0.29, 0.717) is 13.3 Å². The molecule has 0 saturated carbocycles. The molecular formula is C23H38N4O4. The number of nitrogens with zero attached hydrogens (tertiary/aromatic N) is 2. The van der Waals surface area contributed by atoms with Crippen molar-refractivity contribution >= 4 is 5.96 Å². The first kappa shape index (κ1) is 23.6. The molecule has 2 N–H and O–H groups in total. The van der Waals surface area contributed by atoms with Gasteiger partial charge in [0, 0.05) is 58.5 Å². The molecule has 0 atom stereocenters. The number of benzene rings is 1. The van der Waals surface area contributed by atoms with Crippen molar-refractivity contribution in [3.63, 3.8) is 0 Å². The van der Waals surface area contributed by atoms with E-state index in [1.165, 1.54) is 5.56 Å². The van der Waals surface area contributed by atoms with Gasteiger partial charge in [0.05, 0.1) is 6.54 Å². The second kappa shape index (κ2) is 12.1. The van der Waals surface area contributed by atoms with E-state index in [-0.39, 0.29) is 5.41 Å². The number of likely N-dealkylation sites (N-methyl/N-ethyl adjacent to an activating group) is 1. The minimum Gasteiger partial charge on any atom is -0.454 e. The van der Waals surface area contributed by atoms with E-state index in [0.717, 1.165) is 82.7 Å². The molecule has 0 amide bonds. The lowest BCUT2D eigenvalue weighted by atomic mass is 9.74. The fourth-order valence-electron chi connectivity index (χ4n) is 4.05. The third-order valence-electron chi connectivity index (χ3n) is 5.99. The number of aliphatic imine (C=N–C) groups is 1. The van der Waals surface area contributed by atoms with Gasteiger partial charge in [-0.05, 0) is 50.9 Å². The summed E-state index contributed by atoms with van der Waals surface area (Å²) in [7, 11) is 3.88. The van der Waals surface area contributed by atoms with Crippen LogP contribution in [0.15, 0.2) is 23.2 Å². The summed E-state index contributed by atoms with van der Waals surface area (Å²) >= 11 is 0. The Bertz CT molecular complexity index is 707. The van der Waals surface area contributed by atoms with Gasteiger partial charge < -0.3 is 34.5 Å². The van der Waals surface area contributed by atoms with E-state index in [1.54, 1.807) is 7.11 Å². The third-order valence-corrected chi connectivity index (χ3v) is 5.99. The Labute approximate surface area is 186 Å². The number of nitrogens with one attached hydrogen (secondary N) is 2. The van der Waals surface area contributed by atoms with Gasteiger partial charge in [-0.15, -0.1) is 0 Å². The predicted octanol–water partition coefficient (Wildman–Crippen LogP) is 1.99. The summed E-state index contributed by atoms with van der Waals surface area (Å²) in [6.07, 6.45) is 2.93. The van der Waals surface area contributed by atoms with Gasteiger partial charge in [-0.1, -0.05) is 6.07 Å². The van der Waals surface area contributed by atoms with Gasteiger partial charge in [-0.25, -0.2) is 0 Å². The molecule has 3 rings (SSSR count). The van der Waals surface area contributed by atoms with Crippen molar-refractivity contribution in [1.29, 1.82) is 0 Å². The monoisotopic (exact) mass is 434 g/mol. The zero-order valence-corrected chi connectivity index (χ0v) is 19.2. The maximum atomic E-state index is 5.67. The van der Waals surface area contributed by atoms with Crippen molar-refractivity contribution < 1.29 is 18.9 Å². The van der Waals surface area contributed by atoms with Crippen LogP contribution in [-0.2, 0) is 14.9 Å². The number of fused-ring (bicyclic) bond motifs is 1. The van der Waals surface area contributed by atoms with E-state index in [9.17, 15) is 0 Å². The van der Waals surface area contributed by atoms with Crippen molar-refractivity contribution in [1.82, 2.24) is 15.5 Å². The smallest absolute Gasteiger partial charge is 0.231 e. The number of methoxy groups -OCH3 is 1. The first-order valence-corrected chi connectivity index (χ1v) is 11.3. The summed E-state index contributed by atoms with van der Waals surface area (Å²) in [6, 6.07) is 6.30. The quantitative estimate of drug-likeness (QED) is 0.313. The molecule has 1 fully saturated rings. The van der Waals surface area contributed by atoms with Crippen LogP contribution in [0, 0.1) is 0 Å². The fraction of sp³-hybridized carbons (Fsp3) is 0.696. The molecule has 0 radical (unpaired) electrons. The summed E-state index contributed by atoms with van der Waals surface area (Å²) < 4.78 is 21.9. The highest BCUT2D eigenvalue weighted by molar-refractivity contribution is 5.79. The summed E-state index contributed by atoms with van der Waals surface area (Å²) in [5.74, 6) is 2.51. The minimum atomic E-state index is -0.0570. The number of hydrogen-bond acceptors (Lipinski definition) is 6. The Kier molecular flexibility index (Phi) is 9.24. The van der Waals surface area contributed by atoms with Crippen LogP contribution in [0.5, 0.6) is 11.5 Å². The molecule has 0 bridgehead atoms. The van der Waals surface area contributed by atoms with Gasteiger partial charge in [0.15, 0.2) is 17.5 Å². The Morgan fingerprint density at radius 2 is 1.97 bits per heavy atom. The molecule has 0 aromatic heterocycles. The standard InChI is InChI=1S/C23H38N4O4/c1-4-24-22(25-10-12-27(2)11-5-13-28-3)26-17-23(8-14-29-15-9-23)19-6-7-20-21(16-19)31-18-30-20/h6-7,16H,4-5,8-15,17-18H2,1-3H3,(H2,24,25,26). The molecule has 1 saturated heterocycles. The summed E-state index contributed by atoms with van der Waals surface area (Å²) in [6.45, 7) is 9.04. The summed E-state index contributed by atoms with van der Waals surface area (Å²) in [5.41, 5.74) is 1.19. The fourth-order valence-corrected chi connectivity index (χ4v) is 4.05. The largest absolute Gasteiger partial charge is 0.454 e. The Morgan fingerprint density at radius 3 is 2.74 bits per heavy atom. The predicted molar refractivity (Wildman–Crippen MR) is 122 cm³/mol. The van der Waals surface area contributed by atoms with Crippen molar-refractivity contribution in [3.8, 4) is 11.5 Å². The Hall–Kier alpha value is -2.03. The lowest BCUT2D eigenvalue weighted by molar-refractivity contribution is 0.0530. The maximum absolute atomic E-state index is 5.67. The van der Waals surface area contributed by atoms with Gasteiger partial charge in [0.25, 0.3) is 0 Å². The molecule has 8 nitrogen and oxygen atoms in total. The van der Waals surface area contributed by atoms with E-state index in [4.69, 9.17) is 23.9 Å². The van der Waals surface area contributed by atoms with Crippen LogP contribution >= 0.6 is 0 Å². The lowest BCUT2D eigenvalue weighted by Gasteiger charge is -2.36. The first-order chi connectivity index (χ1) is 15.2. The lowest BCUT2D eigenvalue weighted by Crippen LogP contribution is -2.43. The number of rotatable bonds is 11. The average Bonchev–Trinajstić information content (AvgIpc) is 3.26. The highest BCUT2D eigenvalue weighted by Crippen LogP contribution is 2.41. The van der Waals surface area contributed by atoms with Crippen LogP contribution < -0.4 is 20.1 Å². The van der Waals surface area contributed by atoms with E-state index in [2.05, 4.69) is 41.6 Å². The normalized spacial score (nSPS) is 17.7. The van der Waals surface area contributed by atoms with Crippen LogP contribution in [-0.4, -0.2) is 84.4 Å². The van der Waals surface area contributed by atoms with Gasteiger partial charge in [-0.3, -0.25) is 4.99 Å². The molecule has 31 heavy (non-hydrogen) atoms. The Balaban J connectivity index is 1.63. The highest BCUT2D eigenvalue weighted by atomic mass is 16.7. The summed E-state index contributed by atoms with van der Waals surface area (Å²) in [5, 5.41) is 6.86. The molecular weight excluding hydrogens is 396 g/mol. The van der Waals surface area contributed by atoms with Crippen LogP contribution in [0.3, 0.4) is 0 Å². The van der Waals surface area contributed by atoms with Crippen LogP contribution in [0.1, 0.15) is 31.7 Å². The molecule has 2 aliphatic rings. The maximum Gasteiger partial charge on any atom is 0.231 e. The van der Waals surface area contributed by atoms with E-state index < -0.39 is 0 Å². The second-order valence-corrected chi connectivity index (χ2v) is 8.23. The molecule has 0 unspecified atom stereocenters. The third kappa shape index (κ3) is 6.72. The van der Waals surface area contributed by atoms with Crippen molar-refractivity contribution in [2.45, 2.75) is 31.6 Å². The average molecular weight is 435 g/mol. The zero-order valence-electron chi connectivity index (χ0n) is 19.2. The van der Waals surface area contributed by atoms with Gasteiger partial charge in [0.1, 0.15) is 0 Å². The molecule has 174 valence electrons. The molecule has 1 aromatic rings. The molecule has 2 heterocycles. The van der Waals surface area contributed by atoms with Crippen LogP contribution in [0.4, 0.5) is 0 Å². The number of ether oxygens (including phenoxy) is 4. The molecule has 0 spiro atoms. The minimum absolute atomic E-state index is 0.0570. The zero-order chi connectivity index (χ0) is 21.9. The highest BCUT2D eigenvalue weighted by Gasteiger charge is 2.35. The van der Waals surface area contributed by atoms with E-state index in [1.807, 2.05) is 6.07 Å². The number of hydrogen-bond donors (Lipinski definition) is 2. The van der Waals surface area contributed by atoms with Crippen molar-refractivity contribution in [2.24, 2.45) is 4.99 Å². The summed E-state index contributed by atoms with van der Waals surface area (Å²) in [4.78, 5) is 7.29. The molecule has 0 aliphatic carbocycles. The van der Waals surface area contributed by atoms with Gasteiger partial charge >= 0.3 is 0 Å². The second-order valence-electron chi connectivity index (χ2n) is 8.23. The SMILES string of the molecule is CCNC(=NCC1(c2ccc3c(c2)OCO3)CCOCC1)NCCN(C)CCCOC. The number of guanidine groups is 1. The molecule has 1 aromatic carbocycles. The van der Waals surface area contributed by atoms with Crippen molar-refractivity contribution in [3.05, 3.63) is 23.8 Å². The van der Waals surface area contributed by atoms with E-state index >= 15 is 0 Å². The topological polar surface area (TPSA) is 76.6 Å². The molecule has 8 heteroatoms.